The van der Waals surface area contributed by atoms with Crippen molar-refractivity contribution in [2.75, 3.05) is 5.32 Å². The van der Waals surface area contributed by atoms with Gasteiger partial charge in [0.2, 0.25) is 0 Å². The van der Waals surface area contributed by atoms with Gasteiger partial charge in [-0.05, 0) is 37.3 Å². The van der Waals surface area contributed by atoms with Gasteiger partial charge < -0.3 is 5.32 Å². The van der Waals surface area contributed by atoms with Crippen molar-refractivity contribution in [2.24, 2.45) is 0 Å². The van der Waals surface area contributed by atoms with Gasteiger partial charge in [-0.1, -0.05) is 27.5 Å². The van der Waals surface area contributed by atoms with Gasteiger partial charge in [0.15, 0.2) is 0 Å². The molecule has 0 heterocycles. The van der Waals surface area contributed by atoms with Gasteiger partial charge in [-0.3, -0.25) is 10.1 Å². The van der Waals surface area contributed by atoms with Crippen LogP contribution in [-0.2, 0) is 0 Å². The van der Waals surface area contributed by atoms with E-state index in [1.165, 1.54) is 24.3 Å². The molecule has 0 saturated carbocycles. The summed E-state index contributed by atoms with van der Waals surface area (Å²) in [6, 6.07) is 8.30. The fraction of sp³-hybridized carbons (Fsp3) is 0.143. The Morgan fingerprint density at radius 3 is 2.71 bits per heavy atom. The van der Waals surface area contributed by atoms with Gasteiger partial charge in [-0.2, -0.15) is 0 Å². The third kappa shape index (κ3) is 3.71. The summed E-state index contributed by atoms with van der Waals surface area (Å²) < 4.78 is 14.6. The highest BCUT2D eigenvalue weighted by Crippen LogP contribution is 2.32. The van der Waals surface area contributed by atoms with Crippen molar-refractivity contribution < 1.29 is 9.31 Å². The van der Waals surface area contributed by atoms with Crippen LogP contribution in [0.15, 0.2) is 40.9 Å². The number of nitro benzene ring substituents is 1. The Kier molecular flexibility index (Phi) is 4.80. The topological polar surface area (TPSA) is 55.2 Å². The number of halogens is 3. The first kappa shape index (κ1) is 15.7. The molecule has 0 aliphatic heterocycles. The van der Waals surface area contributed by atoms with E-state index in [1.54, 1.807) is 19.1 Å². The van der Waals surface area contributed by atoms with E-state index in [-0.39, 0.29) is 17.2 Å². The molecule has 1 N–H and O–H groups in total. The van der Waals surface area contributed by atoms with Gasteiger partial charge in [-0.15, -0.1) is 0 Å². The molecule has 1 unspecified atom stereocenters. The minimum Gasteiger partial charge on any atom is -0.373 e. The highest BCUT2D eigenvalue weighted by atomic mass is 79.9. The van der Waals surface area contributed by atoms with Crippen LogP contribution >= 0.6 is 27.5 Å². The van der Waals surface area contributed by atoms with Crippen molar-refractivity contribution in [2.45, 2.75) is 13.0 Å². The van der Waals surface area contributed by atoms with E-state index in [4.69, 9.17) is 11.6 Å². The second-order valence-electron chi connectivity index (χ2n) is 4.45. The SMILES string of the molecule is CC(Nc1cc(Cl)ccc1[N+](=O)[O-])c1cc(Br)ccc1F. The van der Waals surface area contributed by atoms with Crippen molar-refractivity contribution in [3.05, 3.63) is 67.4 Å². The molecule has 0 bridgehead atoms. The molecule has 0 aliphatic rings. The molecule has 2 rings (SSSR count). The van der Waals surface area contributed by atoms with E-state index >= 15 is 0 Å². The average Bonchev–Trinajstić information content (AvgIpc) is 2.41. The Labute approximate surface area is 134 Å². The summed E-state index contributed by atoms with van der Waals surface area (Å²) in [5, 5.41) is 14.3. The minimum atomic E-state index is -0.511. The quantitative estimate of drug-likeness (QED) is 0.582. The number of nitrogens with one attached hydrogen (secondary N) is 1. The van der Waals surface area contributed by atoms with E-state index in [9.17, 15) is 14.5 Å². The molecular formula is C14H11BrClFN2O2. The lowest BCUT2D eigenvalue weighted by atomic mass is 10.1. The minimum absolute atomic E-state index is 0.110. The van der Waals surface area contributed by atoms with Crippen LogP contribution in [0.4, 0.5) is 15.8 Å². The molecule has 7 heteroatoms. The molecule has 21 heavy (non-hydrogen) atoms. The standard InChI is InChI=1S/C14H11BrClFN2O2/c1-8(11-6-9(15)2-4-12(11)17)18-13-7-10(16)3-5-14(13)19(20)21/h2-8,18H,1H3. The molecule has 110 valence electrons. The summed E-state index contributed by atoms with van der Waals surface area (Å²) in [5.41, 5.74) is 0.541. The van der Waals surface area contributed by atoms with Crippen LogP contribution in [0, 0.1) is 15.9 Å². The van der Waals surface area contributed by atoms with Crippen molar-refractivity contribution >= 4 is 38.9 Å². The number of benzene rings is 2. The molecule has 0 aliphatic carbocycles. The molecule has 2 aromatic carbocycles. The van der Waals surface area contributed by atoms with Crippen LogP contribution in [0.5, 0.6) is 0 Å². The third-order valence-corrected chi connectivity index (χ3v) is 3.68. The maximum atomic E-state index is 13.8. The van der Waals surface area contributed by atoms with Crippen LogP contribution in [0.1, 0.15) is 18.5 Å². The summed E-state index contributed by atoms with van der Waals surface area (Å²) in [5.74, 6) is -0.386. The first-order valence-electron chi connectivity index (χ1n) is 6.04. The molecule has 1 atom stereocenters. The monoisotopic (exact) mass is 372 g/mol. The van der Waals surface area contributed by atoms with E-state index < -0.39 is 11.0 Å². The Balaban J connectivity index is 2.35. The normalized spacial score (nSPS) is 12.0. The number of rotatable bonds is 4. The summed E-state index contributed by atoms with van der Waals surface area (Å²) >= 11 is 9.14. The summed E-state index contributed by atoms with van der Waals surface area (Å²) in [6.45, 7) is 1.72. The van der Waals surface area contributed by atoms with Gasteiger partial charge in [-0.25, -0.2) is 4.39 Å². The molecule has 0 amide bonds. The second-order valence-corrected chi connectivity index (χ2v) is 5.80. The molecule has 0 spiro atoms. The van der Waals surface area contributed by atoms with E-state index in [0.717, 1.165) is 4.47 Å². The molecule has 0 aromatic heterocycles. The Morgan fingerprint density at radius 2 is 2.05 bits per heavy atom. The lowest BCUT2D eigenvalue weighted by molar-refractivity contribution is -0.384. The third-order valence-electron chi connectivity index (χ3n) is 2.95. The summed E-state index contributed by atoms with van der Waals surface area (Å²) in [4.78, 5) is 10.5. The second kappa shape index (κ2) is 6.41. The maximum Gasteiger partial charge on any atom is 0.292 e. The number of nitro groups is 1. The maximum absolute atomic E-state index is 13.8. The Bertz CT molecular complexity index is 697. The average molecular weight is 374 g/mol. The largest absolute Gasteiger partial charge is 0.373 e. The van der Waals surface area contributed by atoms with Crippen molar-refractivity contribution in [3.63, 3.8) is 0 Å². The fourth-order valence-corrected chi connectivity index (χ4v) is 2.49. The zero-order valence-corrected chi connectivity index (χ0v) is 13.3. The zero-order chi connectivity index (χ0) is 15.6. The number of nitrogens with zero attached hydrogens (tertiary/aromatic N) is 1. The first-order chi connectivity index (χ1) is 9.88. The highest BCUT2D eigenvalue weighted by Gasteiger charge is 2.18. The van der Waals surface area contributed by atoms with Crippen LogP contribution in [0.3, 0.4) is 0 Å². The first-order valence-corrected chi connectivity index (χ1v) is 7.21. The molecule has 0 saturated heterocycles. The van der Waals surface area contributed by atoms with E-state index in [0.29, 0.717) is 10.6 Å². The van der Waals surface area contributed by atoms with Crippen LogP contribution in [0.2, 0.25) is 5.02 Å². The molecule has 4 nitrogen and oxygen atoms in total. The van der Waals surface area contributed by atoms with Crippen molar-refractivity contribution in [1.82, 2.24) is 0 Å². The fourth-order valence-electron chi connectivity index (χ4n) is 1.94. The summed E-state index contributed by atoms with van der Waals surface area (Å²) in [7, 11) is 0. The Hall–Kier alpha value is -1.66. The lowest BCUT2D eigenvalue weighted by Gasteiger charge is -2.17. The summed E-state index contributed by atoms with van der Waals surface area (Å²) in [6.07, 6.45) is 0. The molecule has 2 aromatic rings. The van der Waals surface area contributed by atoms with Gasteiger partial charge >= 0.3 is 0 Å². The number of hydrogen-bond donors (Lipinski definition) is 1. The lowest BCUT2D eigenvalue weighted by Crippen LogP contribution is -2.10. The van der Waals surface area contributed by atoms with Crippen LogP contribution < -0.4 is 5.32 Å². The van der Waals surface area contributed by atoms with Gasteiger partial charge in [0.25, 0.3) is 5.69 Å². The van der Waals surface area contributed by atoms with Gasteiger partial charge in [0, 0.05) is 21.1 Å². The smallest absolute Gasteiger partial charge is 0.292 e. The number of hydrogen-bond acceptors (Lipinski definition) is 3. The molecule has 0 fully saturated rings. The van der Waals surface area contributed by atoms with E-state index in [1.807, 2.05) is 0 Å². The molecule has 0 radical (unpaired) electrons. The van der Waals surface area contributed by atoms with Crippen molar-refractivity contribution in [1.29, 1.82) is 0 Å². The van der Waals surface area contributed by atoms with Gasteiger partial charge in [0.1, 0.15) is 11.5 Å². The predicted molar refractivity (Wildman–Crippen MR) is 84.2 cm³/mol. The zero-order valence-electron chi connectivity index (χ0n) is 10.9. The number of anilines is 1. The molecular weight excluding hydrogens is 363 g/mol. The Morgan fingerprint density at radius 1 is 1.33 bits per heavy atom. The van der Waals surface area contributed by atoms with Gasteiger partial charge in [0.05, 0.1) is 11.0 Å². The predicted octanol–water partition coefficient (Wildman–Crippen LogP) is 5.32. The van der Waals surface area contributed by atoms with E-state index in [2.05, 4.69) is 21.2 Å². The highest BCUT2D eigenvalue weighted by molar-refractivity contribution is 9.10. The van der Waals surface area contributed by atoms with Crippen LogP contribution in [-0.4, -0.2) is 4.92 Å². The van der Waals surface area contributed by atoms with Crippen LogP contribution in [0.25, 0.3) is 0 Å². The van der Waals surface area contributed by atoms with Crippen molar-refractivity contribution in [3.8, 4) is 0 Å².